The first-order valence-corrected chi connectivity index (χ1v) is 7.41. The van der Waals surface area contributed by atoms with Crippen molar-refractivity contribution >= 4 is 82.1 Å². The van der Waals surface area contributed by atoms with Crippen LogP contribution in [0.25, 0.3) is 0 Å². The Morgan fingerprint density at radius 2 is 1.53 bits per heavy atom. The molecule has 0 aromatic heterocycles. The molecule has 1 rings (SSSR count). The second kappa shape index (κ2) is 6.34. The molecule has 5 nitrogen and oxygen atoms in total. The molecule has 2 amide bonds. The first kappa shape index (κ1) is 16.6. The van der Waals surface area contributed by atoms with E-state index in [1.165, 1.54) is 6.92 Å². The van der Waals surface area contributed by atoms with Gasteiger partial charge < -0.3 is 11.1 Å². The molecule has 0 aliphatic heterocycles. The third-order valence-electron chi connectivity index (χ3n) is 2.06. The summed E-state index contributed by atoms with van der Waals surface area (Å²) < 4.78 is 0.634. The lowest BCUT2D eigenvalue weighted by Gasteiger charge is -2.16. The maximum absolute atomic E-state index is 11.4. The zero-order chi connectivity index (χ0) is 14.9. The molecule has 0 radical (unpaired) electrons. The molecule has 1 aromatic carbocycles. The number of halogens is 4. The quantitative estimate of drug-likeness (QED) is 0.655. The van der Waals surface area contributed by atoms with Crippen molar-refractivity contribution in [3.8, 4) is 0 Å². The van der Waals surface area contributed by atoms with Crippen molar-refractivity contribution in [3.05, 3.63) is 24.5 Å². The molecule has 0 unspecified atom stereocenters. The van der Waals surface area contributed by atoms with Crippen molar-refractivity contribution in [2.75, 3.05) is 5.32 Å². The first-order chi connectivity index (χ1) is 8.68. The molecule has 19 heavy (non-hydrogen) atoms. The van der Waals surface area contributed by atoms with Crippen molar-refractivity contribution in [3.63, 3.8) is 0 Å². The normalized spacial score (nSPS) is 10.2. The van der Waals surface area contributed by atoms with Crippen molar-refractivity contribution in [1.29, 1.82) is 0 Å². The molecule has 102 valence electrons. The Morgan fingerprint density at radius 1 is 1.05 bits per heavy atom. The number of carbonyl (C=O) groups is 3. The van der Waals surface area contributed by atoms with E-state index >= 15 is 0 Å². The highest BCUT2D eigenvalue weighted by atomic mass is 79.9. The van der Waals surface area contributed by atoms with Crippen LogP contribution >= 0.6 is 59.4 Å². The minimum absolute atomic E-state index is 0.00224. The molecule has 9 heteroatoms. The van der Waals surface area contributed by atoms with Gasteiger partial charge >= 0.3 is 0 Å². The van der Waals surface area contributed by atoms with Crippen LogP contribution in [0.15, 0.2) is 13.4 Å². The van der Waals surface area contributed by atoms with E-state index in [4.69, 9.17) is 17.3 Å². The number of hydrogen-bond acceptors (Lipinski definition) is 3. The van der Waals surface area contributed by atoms with Crippen LogP contribution < -0.4 is 11.1 Å². The summed E-state index contributed by atoms with van der Waals surface area (Å²) in [6, 6.07) is 0. The first-order valence-electron chi connectivity index (χ1n) is 4.66. The Balaban J connectivity index is 3.79. The van der Waals surface area contributed by atoms with Crippen LogP contribution in [0.3, 0.4) is 0 Å². The highest BCUT2D eigenvalue weighted by Gasteiger charge is 2.26. The number of anilines is 1. The molecule has 3 N–H and O–H groups in total. The molecular formula is C10H6Br3ClN2O3. The molecule has 0 aliphatic rings. The van der Waals surface area contributed by atoms with Gasteiger partial charge in [-0.1, -0.05) is 0 Å². The summed E-state index contributed by atoms with van der Waals surface area (Å²) in [5, 5.41) is 1.68. The van der Waals surface area contributed by atoms with Crippen LogP contribution in [0.5, 0.6) is 0 Å². The van der Waals surface area contributed by atoms with E-state index in [0.717, 1.165) is 0 Å². The Bertz CT molecular complexity index is 563. The van der Waals surface area contributed by atoms with Crippen molar-refractivity contribution < 1.29 is 14.4 Å². The minimum Gasteiger partial charge on any atom is -0.366 e. The molecule has 0 saturated heterocycles. The van der Waals surface area contributed by atoms with E-state index in [1.807, 2.05) is 0 Å². The number of nitrogens with two attached hydrogens (primary N) is 1. The van der Waals surface area contributed by atoms with Crippen LogP contribution in [0, 0.1) is 0 Å². The highest BCUT2D eigenvalue weighted by molar-refractivity contribution is 9.11. The fraction of sp³-hybridized carbons (Fsp3) is 0.100. The number of hydrogen-bond donors (Lipinski definition) is 2. The number of nitrogens with one attached hydrogen (secondary N) is 1. The lowest BCUT2D eigenvalue weighted by Crippen LogP contribution is -2.17. The Hall–Kier alpha value is -0.440. The third-order valence-corrected chi connectivity index (χ3v) is 4.63. The van der Waals surface area contributed by atoms with Gasteiger partial charge in [-0.15, -0.1) is 0 Å². The van der Waals surface area contributed by atoms with Gasteiger partial charge in [0.2, 0.25) is 5.91 Å². The average Bonchev–Trinajstić information content (AvgIpc) is 2.22. The Kier molecular flexibility index (Phi) is 5.54. The van der Waals surface area contributed by atoms with Gasteiger partial charge in [-0.3, -0.25) is 14.4 Å². The summed E-state index contributed by atoms with van der Waals surface area (Å²) in [5.74, 6) is -1.16. The van der Waals surface area contributed by atoms with E-state index in [2.05, 4.69) is 53.1 Å². The summed E-state index contributed by atoms with van der Waals surface area (Å²) in [7, 11) is 0. The van der Waals surface area contributed by atoms with Gasteiger partial charge in [0.1, 0.15) is 0 Å². The number of benzene rings is 1. The van der Waals surface area contributed by atoms with Crippen molar-refractivity contribution in [1.82, 2.24) is 0 Å². The summed E-state index contributed by atoms with van der Waals surface area (Å²) in [6.45, 7) is 1.28. The molecule has 0 saturated carbocycles. The van der Waals surface area contributed by atoms with Gasteiger partial charge in [-0.25, -0.2) is 0 Å². The monoisotopic (exact) mass is 474 g/mol. The lowest BCUT2D eigenvalue weighted by atomic mass is 10.1. The fourth-order valence-electron chi connectivity index (χ4n) is 1.34. The number of carbonyl (C=O) groups excluding carboxylic acids is 3. The molecule has 1 aromatic rings. The van der Waals surface area contributed by atoms with E-state index in [0.29, 0.717) is 0 Å². The summed E-state index contributed by atoms with van der Waals surface area (Å²) in [5.41, 5.74) is 5.47. The van der Waals surface area contributed by atoms with Crippen LogP contribution in [-0.4, -0.2) is 17.1 Å². The summed E-state index contributed by atoms with van der Waals surface area (Å²) >= 11 is 14.9. The minimum atomic E-state index is -0.805. The van der Waals surface area contributed by atoms with E-state index in [1.54, 1.807) is 0 Å². The topological polar surface area (TPSA) is 89.3 Å². The zero-order valence-electron chi connectivity index (χ0n) is 9.31. The SMILES string of the molecule is CC(=O)Nc1c(Br)c(C(N)=O)c(Br)c(C(=O)Cl)c1Br. The van der Waals surface area contributed by atoms with Gasteiger partial charge in [0.15, 0.2) is 0 Å². The smallest absolute Gasteiger partial charge is 0.254 e. The number of rotatable bonds is 3. The third kappa shape index (κ3) is 3.36. The molecular weight excluding hydrogens is 471 g/mol. The second-order valence-corrected chi connectivity index (χ2v) is 6.11. The van der Waals surface area contributed by atoms with E-state index in [-0.39, 0.29) is 36.1 Å². The van der Waals surface area contributed by atoms with E-state index < -0.39 is 11.1 Å². The zero-order valence-corrected chi connectivity index (χ0v) is 14.8. The number of primary amides is 1. The maximum atomic E-state index is 11.4. The lowest BCUT2D eigenvalue weighted by molar-refractivity contribution is -0.114. The second-order valence-electron chi connectivity index (χ2n) is 3.39. The van der Waals surface area contributed by atoms with Crippen LogP contribution in [0.1, 0.15) is 27.6 Å². The predicted molar refractivity (Wildman–Crippen MR) is 82.5 cm³/mol. The molecule has 0 bridgehead atoms. The van der Waals surface area contributed by atoms with Crippen LogP contribution in [-0.2, 0) is 4.79 Å². The molecule has 0 fully saturated rings. The highest BCUT2D eigenvalue weighted by Crippen LogP contribution is 2.42. The molecule has 0 spiro atoms. The Labute approximate surface area is 138 Å². The van der Waals surface area contributed by atoms with Crippen LogP contribution in [0.2, 0.25) is 0 Å². The standard InChI is InChI=1S/C10H6Br3ClN2O3/c1-2(17)16-8-6(12)3(9(14)18)5(11)4(7(8)13)10(15)19/h1H3,(H2,15,19)(H,16,17). The molecule has 0 heterocycles. The number of amides is 2. The van der Waals surface area contributed by atoms with E-state index in [9.17, 15) is 14.4 Å². The molecule has 0 atom stereocenters. The van der Waals surface area contributed by atoms with Gasteiger partial charge in [0.05, 0.1) is 25.8 Å². The van der Waals surface area contributed by atoms with Crippen molar-refractivity contribution in [2.45, 2.75) is 6.92 Å². The van der Waals surface area contributed by atoms with Gasteiger partial charge in [0, 0.05) is 11.4 Å². The predicted octanol–water partition coefficient (Wildman–Crippen LogP) is 3.41. The fourth-order valence-corrected chi connectivity index (χ4v) is 4.69. The summed E-state index contributed by atoms with van der Waals surface area (Å²) in [6.07, 6.45) is 0. The summed E-state index contributed by atoms with van der Waals surface area (Å²) in [4.78, 5) is 34.0. The maximum Gasteiger partial charge on any atom is 0.254 e. The Morgan fingerprint density at radius 3 is 1.89 bits per heavy atom. The van der Waals surface area contributed by atoms with Gasteiger partial charge in [-0.2, -0.15) is 0 Å². The van der Waals surface area contributed by atoms with Gasteiger partial charge in [-0.05, 0) is 59.4 Å². The average molecular weight is 477 g/mol. The molecule has 0 aliphatic carbocycles. The van der Waals surface area contributed by atoms with Crippen LogP contribution in [0.4, 0.5) is 5.69 Å². The van der Waals surface area contributed by atoms with Crippen molar-refractivity contribution in [2.24, 2.45) is 5.73 Å². The van der Waals surface area contributed by atoms with Gasteiger partial charge in [0.25, 0.3) is 11.1 Å². The largest absolute Gasteiger partial charge is 0.366 e.